The summed E-state index contributed by atoms with van der Waals surface area (Å²) in [6.07, 6.45) is 3.41. The van der Waals surface area contributed by atoms with Crippen LogP contribution in [0.3, 0.4) is 0 Å². The number of hydrogen-bond donors (Lipinski definition) is 0. The standard InChI is InChI=1S/C34H40N2O5S/c1-21-18-30(39-6)28(27-13-16-36(31(21)27)33(38)41-34(3,4)5)20-35-15-12-25(26-14-17-42-22(26)2)19-29(35)23-8-10-24(11-9-23)32(37)40-7/h8-11,13-14,16-18,25,29H,12,15,19-20H2,1-7H3. The number of likely N-dealkylation sites (tertiary alicyclic amines) is 1. The van der Waals surface area contributed by atoms with E-state index in [1.54, 1.807) is 29.2 Å². The molecule has 0 bridgehead atoms. The van der Waals surface area contributed by atoms with Crippen LogP contribution in [0, 0.1) is 13.8 Å². The zero-order valence-corrected chi connectivity index (χ0v) is 26.3. The summed E-state index contributed by atoms with van der Waals surface area (Å²) >= 11 is 1.80. The molecule has 222 valence electrons. The molecule has 0 saturated carbocycles. The summed E-state index contributed by atoms with van der Waals surface area (Å²) in [5.74, 6) is 0.915. The Labute approximate surface area is 252 Å². The highest BCUT2D eigenvalue weighted by atomic mass is 32.1. The zero-order valence-electron chi connectivity index (χ0n) is 25.5. The van der Waals surface area contributed by atoms with Crippen LogP contribution in [0.5, 0.6) is 5.75 Å². The predicted octanol–water partition coefficient (Wildman–Crippen LogP) is 8.02. The SMILES string of the molecule is COC(=O)c1ccc(C2CC(c3ccsc3C)CCN2Cc2c(OC)cc(C)c3c2ccn3C(=O)OC(C)(C)C)cc1. The van der Waals surface area contributed by atoms with E-state index >= 15 is 0 Å². The highest BCUT2D eigenvalue weighted by Gasteiger charge is 2.33. The fourth-order valence-corrected chi connectivity index (χ4v) is 6.97. The Morgan fingerprint density at radius 3 is 2.40 bits per heavy atom. The van der Waals surface area contributed by atoms with Gasteiger partial charge in [-0.3, -0.25) is 9.47 Å². The van der Waals surface area contributed by atoms with E-state index in [1.165, 1.54) is 17.6 Å². The Morgan fingerprint density at radius 2 is 1.79 bits per heavy atom. The van der Waals surface area contributed by atoms with Crippen molar-refractivity contribution in [2.75, 3.05) is 20.8 Å². The largest absolute Gasteiger partial charge is 0.496 e. The molecule has 1 aliphatic heterocycles. The Morgan fingerprint density at radius 1 is 1.05 bits per heavy atom. The molecule has 0 amide bonds. The van der Waals surface area contributed by atoms with Gasteiger partial charge in [0.25, 0.3) is 0 Å². The number of nitrogens with zero attached hydrogens (tertiary/aromatic N) is 2. The second-order valence-corrected chi connectivity index (χ2v) is 13.2. The molecular weight excluding hydrogens is 548 g/mol. The first-order valence-electron chi connectivity index (χ1n) is 14.4. The minimum absolute atomic E-state index is 0.128. The van der Waals surface area contributed by atoms with Crippen molar-refractivity contribution in [2.24, 2.45) is 0 Å². The minimum atomic E-state index is -0.599. The number of methoxy groups -OCH3 is 2. The first-order valence-corrected chi connectivity index (χ1v) is 15.3. The Bertz CT molecular complexity index is 1590. The van der Waals surface area contributed by atoms with Crippen LogP contribution in [0.2, 0.25) is 0 Å². The molecule has 1 aliphatic rings. The van der Waals surface area contributed by atoms with Crippen molar-refractivity contribution >= 4 is 34.3 Å². The maximum atomic E-state index is 13.1. The molecule has 0 aliphatic carbocycles. The summed E-state index contributed by atoms with van der Waals surface area (Å²) in [5.41, 5.74) is 5.36. The van der Waals surface area contributed by atoms with Crippen molar-refractivity contribution in [1.82, 2.24) is 9.47 Å². The number of thiophene rings is 1. The number of carbonyl (C=O) groups is 2. The fourth-order valence-electron chi connectivity index (χ4n) is 6.18. The minimum Gasteiger partial charge on any atom is -0.496 e. The van der Waals surface area contributed by atoms with Gasteiger partial charge in [-0.15, -0.1) is 11.3 Å². The summed E-state index contributed by atoms with van der Waals surface area (Å²) in [7, 11) is 3.10. The fraction of sp³-hybridized carbons (Fsp3) is 0.412. The molecule has 2 unspecified atom stereocenters. The number of hydrogen-bond acceptors (Lipinski definition) is 7. The van der Waals surface area contributed by atoms with Crippen LogP contribution in [0.15, 0.2) is 54.0 Å². The van der Waals surface area contributed by atoms with E-state index in [1.807, 2.05) is 64.1 Å². The van der Waals surface area contributed by atoms with E-state index in [4.69, 9.17) is 14.2 Å². The maximum absolute atomic E-state index is 13.1. The second-order valence-electron chi connectivity index (χ2n) is 12.1. The van der Waals surface area contributed by atoms with E-state index in [2.05, 4.69) is 23.3 Å². The Kier molecular flexibility index (Phi) is 8.49. The number of fused-ring (bicyclic) bond motifs is 1. The normalized spacial score (nSPS) is 17.8. The van der Waals surface area contributed by atoms with Crippen LogP contribution in [-0.2, 0) is 16.0 Å². The maximum Gasteiger partial charge on any atom is 0.419 e. The number of aromatic nitrogens is 1. The third-order valence-electron chi connectivity index (χ3n) is 8.17. The van der Waals surface area contributed by atoms with Gasteiger partial charge in [0.05, 0.1) is 25.3 Å². The van der Waals surface area contributed by atoms with E-state index in [0.29, 0.717) is 18.0 Å². The topological polar surface area (TPSA) is 70.0 Å². The van der Waals surface area contributed by atoms with Gasteiger partial charge in [0, 0.05) is 34.6 Å². The number of piperidine rings is 1. The molecule has 0 radical (unpaired) electrons. The average molecular weight is 589 g/mol. The summed E-state index contributed by atoms with van der Waals surface area (Å²) in [4.78, 5) is 29.1. The summed E-state index contributed by atoms with van der Waals surface area (Å²) in [5, 5.41) is 3.16. The quantitative estimate of drug-likeness (QED) is 0.213. The molecule has 2 aromatic carbocycles. The van der Waals surface area contributed by atoms with Gasteiger partial charge in [-0.25, -0.2) is 9.59 Å². The Hall–Kier alpha value is -3.62. The van der Waals surface area contributed by atoms with Gasteiger partial charge in [-0.1, -0.05) is 12.1 Å². The monoisotopic (exact) mass is 588 g/mol. The zero-order chi connectivity index (χ0) is 30.2. The summed E-state index contributed by atoms with van der Waals surface area (Å²) in [6.45, 7) is 11.4. The highest BCUT2D eigenvalue weighted by molar-refractivity contribution is 7.10. The smallest absolute Gasteiger partial charge is 0.419 e. The molecule has 2 atom stereocenters. The van der Waals surface area contributed by atoms with Crippen LogP contribution in [0.4, 0.5) is 4.79 Å². The van der Waals surface area contributed by atoms with Gasteiger partial charge < -0.3 is 14.2 Å². The first kappa shape index (κ1) is 29.9. The molecule has 1 saturated heterocycles. The number of benzene rings is 2. The molecule has 3 heterocycles. The van der Waals surface area contributed by atoms with Gasteiger partial charge in [0.1, 0.15) is 11.4 Å². The van der Waals surface area contributed by atoms with Crippen LogP contribution >= 0.6 is 11.3 Å². The lowest BCUT2D eigenvalue weighted by atomic mass is 9.82. The van der Waals surface area contributed by atoms with Gasteiger partial charge >= 0.3 is 12.1 Å². The third-order valence-corrected chi connectivity index (χ3v) is 9.03. The number of rotatable bonds is 6. The first-order chi connectivity index (χ1) is 20.0. The molecule has 42 heavy (non-hydrogen) atoms. The van der Waals surface area contributed by atoms with Crippen LogP contribution < -0.4 is 4.74 Å². The molecule has 0 N–H and O–H groups in total. The third kappa shape index (κ3) is 5.96. The van der Waals surface area contributed by atoms with Crippen molar-refractivity contribution in [3.63, 3.8) is 0 Å². The predicted molar refractivity (Wildman–Crippen MR) is 167 cm³/mol. The molecule has 5 rings (SSSR count). The second kappa shape index (κ2) is 11.9. The van der Waals surface area contributed by atoms with E-state index in [9.17, 15) is 9.59 Å². The molecule has 1 fully saturated rings. The number of carbonyl (C=O) groups excluding carboxylic acids is 2. The Balaban J connectivity index is 1.54. The van der Waals surface area contributed by atoms with E-state index < -0.39 is 11.7 Å². The lowest BCUT2D eigenvalue weighted by molar-refractivity contribution is 0.0542. The van der Waals surface area contributed by atoms with Gasteiger partial charge in [0.15, 0.2) is 0 Å². The molecule has 0 spiro atoms. The summed E-state index contributed by atoms with van der Waals surface area (Å²) in [6, 6.07) is 14.2. The number of esters is 1. The molecule has 2 aromatic heterocycles. The van der Waals surface area contributed by atoms with E-state index in [0.717, 1.165) is 52.7 Å². The van der Waals surface area contributed by atoms with Crippen LogP contribution in [0.25, 0.3) is 10.9 Å². The van der Waals surface area contributed by atoms with E-state index in [-0.39, 0.29) is 12.0 Å². The molecule has 4 aromatic rings. The van der Waals surface area contributed by atoms with Gasteiger partial charge in [-0.2, -0.15) is 0 Å². The highest BCUT2D eigenvalue weighted by Crippen LogP contribution is 2.43. The number of aryl methyl sites for hydroxylation is 2. The van der Waals surface area contributed by atoms with Crippen molar-refractivity contribution in [3.8, 4) is 5.75 Å². The van der Waals surface area contributed by atoms with Gasteiger partial charge in [-0.05, 0) is 112 Å². The van der Waals surface area contributed by atoms with Crippen LogP contribution in [-0.4, -0.2) is 47.9 Å². The van der Waals surface area contributed by atoms with Crippen molar-refractivity contribution in [2.45, 2.75) is 71.6 Å². The van der Waals surface area contributed by atoms with Crippen molar-refractivity contribution in [1.29, 1.82) is 0 Å². The average Bonchev–Trinajstić information content (AvgIpc) is 3.60. The van der Waals surface area contributed by atoms with Crippen LogP contribution in [0.1, 0.15) is 83.1 Å². The molecule has 7 nitrogen and oxygen atoms in total. The van der Waals surface area contributed by atoms with Crippen molar-refractivity contribution in [3.05, 3.63) is 86.7 Å². The van der Waals surface area contributed by atoms with Gasteiger partial charge in [0.2, 0.25) is 0 Å². The lowest BCUT2D eigenvalue weighted by Crippen LogP contribution is -2.36. The lowest BCUT2D eigenvalue weighted by Gasteiger charge is -2.40. The molecule has 8 heteroatoms. The summed E-state index contributed by atoms with van der Waals surface area (Å²) < 4.78 is 18.2. The molecular formula is C34H40N2O5S. The van der Waals surface area contributed by atoms with Crippen molar-refractivity contribution < 1.29 is 23.8 Å². The number of ether oxygens (including phenoxy) is 3.